The molecule has 0 amide bonds. The Kier molecular flexibility index (Phi) is 3.94. The van der Waals surface area contributed by atoms with Gasteiger partial charge in [-0.25, -0.2) is 13.8 Å². The molecule has 3 N–H and O–H groups in total. The van der Waals surface area contributed by atoms with Gasteiger partial charge in [0.05, 0.1) is 11.2 Å². The van der Waals surface area contributed by atoms with E-state index < -0.39 is 17.7 Å². The van der Waals surface area contributed by atoms with E-state index in [1.54, 1.807) is 0 Å². The van der Waals surface area contributed by atoms with E-state index in [-0.39, 0.29) is 27.9 Å². The van der Waals surface area contributed by atoms with Crippen LogP contribution in [0.3, 0.4) is 0 Å². The average molecular weight is 301 g/mol. The van der Waals surface area contributed by atoms with Crippen molar-refractivity contribution in [2.75, 3.05) is 5.73 Å². The van der Waals surface area contributed by atoms with Crippen molar-refractivity contribution in [2.45, 2.75) is 13.0 Å². The van der Waals surface area contributed by atoms with Crippen LogP contribution in [0, 0.1) is 11.6 Å². The molecular weight excluding hydrogens is 290 g/mol. The van der Waals surface area contributed by atoms with Gasteiger partial charge in [0.2, 0.25) is 0 Å². The minimum Gasteiger partial charge on any atom is -0.506 e. The van der Waals surface area contributed by atoms with E-state index in [0.29, 0.717) is 0 Å². The maximum Gasteiger partial charge on any atom is 0.166 e. The third-order valence-corrected chi connectivity index (χ3v) is 3.04. The SMILES string of the molecule is CC(Oc1cc(O)cnc1N)c1c(F)ccc(F)c1Cl. The fourth-order valence-corrected chi connectivity index (χ4v) is 2.01. The molecule has 0 radical (unpaired) electrons. The van der Waals surface area contributed by atoms with Gasteiger partial charge >= 0.3 is 0 Å². The number of anilines is 1. The minimum atomic E-state index is -0.913. The summed E-state index contributed by atoms with van der Waals surface area (Å²) in [4.78, 5) is 3.69. The zero-order chi connectivity index (χ0) is 14.9. The topological polar surface area (TPSA) is 68.4 Å². The molecule has 0 aliphatic carbocycles. The van der Waals surface area contributed by atoms with Crippen molar-refractivity contribution in [3.63, 3.8) is 0 Å². The summed E-state index contributed by atoms with van der Waals surface area (Å²) in [5, 5.41) is 8.96. The van der Waals surface area contributed by atoms with Crippen LogP contribution in [0.25, 0.3) is 0 Å². The van der Waals surface area contributed by atoms with E-state index >= 15 is 0 Å². The summed E-state index contributed by atoms with van der Waals surface area (Å²) in [7, 11) is 0. The van der Waals surface area contributed by atoms with Crippen molar-refractivity contribution in [3.8, 4) is 11.5 Å². The molecule has 0 saturated heterocycles. The number of pyridine rings is 1. The molecule has 0 fully saturated rings. The van der Waals surface area contributed by atoms with Crippen LogP contribution in [-0.4, -0.2) is 10.1 Å². The molecule has 0 aliphatic rings. The molecule has 0 saturated carbocycles. The maximum absolute atomic E-state index is 13.7. The lowest BCUT2D eigenvalue weighted by Crippen LogP contribution is -2.09. The molecule has 2 rings (SSSR count). The van der Waals surface area contributed by atoms with Crippen LogP contribution in [0.4, 0.5) is 14.6 Å². The minimum absolute atomic E-state index is 0.0163. The number of ether oxygens (including phenoxy) is 1. The number of nitrogen functional groups attached to an aromatic ring is 1. The lowest BCUT2D eigenvalue weighted by Gasteiger charge is -2.18. The Morgan fingerprint density at radius 2 is 2.00 bits per heavy atom. The normalized spacial score (nSPS) is 12.2. The number of hydrogen-bond donors (Lipinski definition) is 2. The summed E-state index contributed by atoms with van der Waals surface area (Å²) in [5.41, 5.74) is 5.44. The van der Waals surface area contributed by atoms with Gasteiger partial charge in [-0.1, -0.05) is 11.6 Å². The van der Waals surface area contributed by atoms with Crippen molar-refractivity contribution >= 4 is 17.4 Å². The highest BCUT2D eigenvalue weighted by Gasteiger charge is 2.20. The van der Waals surface area contributed by atoms with Crippen molar-refractivity contribution in [1.82, 2.24) is 4.98 Å². The number of nitrogens with two attached hydrogens (primary N) is 1. The smallest absolute Gasteiger partial charge is 0.166 e. The first-order chi connectivity index (χ1) is 9.40. The molecule has 106 valence electrons. The highest BCUT2D eigenvalue weighted by atomic mass is 35.5. The fraction of sp³-hybridized carbons (Fsp3) is 0.154. The van der Waals surface area contributed by atoms with Crippen LogP contribution >= 0.6 is 11.6 Å². The summed E-state index contributed by atoms with van der Waals surface area (Å²) >= 11 is 5.74. The Morgan fingerprint density at radius 1 is 1.35 bits per heavy atom. The van der Waals surface area contributed by atoms with Crippen molar-refractivity contribution < 1.29 is 18.6 Å². The molecule has 1 aromatic heterocycles. The summed E-state index contributed by atoms with van der Waals surface area (Å²) in [6, 6.07) is 3.11. The van der Waals surface area contributed by atoms with Crippen LogP contribution in [0.2, 0.25) is 5.02 Å². The summed E-state index contributed by atoms with van der Waals surface area (Å²) < 4.78 is 32.5. The summed E-state index contributed by atoms with van der Waals surface area (Å²) in [6.45, 7) is 1.48. The second-order valence-electron chi connectivity index (χ2n) is 4.09. The highest BCUT2D eigenvalue weighted by molar-refractivity contribution is 6.31. The molecule has 1 unspecified atom stereocenters. The Morgan fingerprint density at radius 3 is 2.70 bits per heavy atom. The molecule has 0 aliphatic heterocycles. The van der Waals surface area contributed by atoms with Crippen molar-refractivity contribution in [3.05, 3.63) is 46.6 Å². The van der Waals surface area contributed by atoms with E-state index in [0.717, 1.165) is 18.3 Å². The van der Waals surface area contributed by atoms with Gasteiger partial charge in [-0.3, -0.25) is 0 Å². The van der Waals surface area contributed by atoms with Gasteiger partial charge in [-0.15, -0.1) is 0 Å². The third-order valence-electron chi connectivity index (χ3n) is 2.66. The Bertz CT molecular complexity index is 653. The van der Waals surface area contributed by atoms with Gasteiger partial charge in [0.1, 0.15) is 23.5 Å². The molecule has 4 nitrogen and oxygen atoms in total. The number of nitrogens with zero attached hydrogens (tertiary/aromatic N) is 1. The Hall–Kier alpha value is -2.08. The van der Waals surface area contributed by atoms with Gasteiger partial charge < -0.3 is 15.6 Å². The number of halogens is 3. The van der Waals surface area contributed by atoms with E-state index in [1.807, 2.05) is 0 Å². The van der Waals surface area contributed by atoms with Crippen LogP contribution in [0.5, 0.6) is 11.5 Å². The fourth-order valence-electron chi connectivity index (χ4n) is 1.70. The zero-order valence-electron chi connectivity index (χ0n) is 10.4. The van der Waals surface area contributed by atoms with Crippen LogP contribution < -0.4 is 10.5 Å². The van der Waals surface area contributed by atoms with Crippen LogP contribution in [0.15, 0.2) is 24.4 Å². The second kappa shape index (κ2) is 5.50. The molecular formula is C13H11ClF2N2O2. The van der Waals surface area contributed by atoms with E-state index in [1.165, 1.54) is 13.0 Å². The van der Waals surface area contributed by atoms with Crippen molar-refractivity contribution in [2.24, 2.45) is 0 Å². The van der Waals surface area contributed by atoms with Gasteiger partial charge in [-0.2, -0.15) is 0 Å². The van der Waals surface area contributed by atoms with Crippen LogP contribution in [-0.2, 0) is 0 Å². The lowest BCUT2D eigenvalue weighted by atomic mass is 10.1. The van der Waals surface area contributed by atoms with Crippen LogP contribution in [0.1, 0.15) is 18.6 Å². The quantitative estimate of drug-likeness (QED) is 0.852. The second-order valence-corrected chi connectivity index (χ2v) is 4.47. The van der Waals surface area contributed by atoms with Crippen molar-refractivity contribution in [1.29, 1.82) is 0 Å². The lowest BCUT2D eigenvalue weighted by molar-refractivity contribution is 0.220. The standard InChI is InChI=1S/C13H11ClF2N2O2/c1-6(11-8(15)2-3-9(16)12(11)14)20-10-4-7(19)5-18-13(10)17/h2-6,19H,1H3,(H2,17,18). The van der Waals surface area contributed by atoms with E-state index in [4.69, 9.17) is 22.1 Å². The molecule has 0 spiro atoms. The van der Waals surface area contributed by atoms with E-state index in [2.05, 4.69) is 4.98 Å². The molecule has 20 heavy (non-hydrogen) atoms. The highest BCUT2D eigenvalue weighted by Crippen LogP contribution is 2.33. The number of rotatable bonds is 3. The molecule has 1 aromatic carbocycles. The third kappa shape index (κ3) is 2.75. The summed E-state index contributed by atoms with van der Waals surface area (Å²) in [5.74, 6) is -1.54. The molecule has 2 aromatic rings. The number of hydrogen-bond acceptors (Lipinski definition) is 4. The number of aromatic nitrogens is 1. The first kappa shape index (κ1) is 14.3. The maximum atomic E-state index is 13.7. The van der Waals surface area contributed by atoms with E-state index in [9.17, 15) is 13.9 Å². The number of benzene rings is 1. The summed E-state index contributed by atoms with van der Waals surface area (Å²) in [6.07, 6.45) is 0.229. The first-order valence-corrected chi connectivity index (χ1v) is 6.02. The Balaban J connectivity index is 2.35. The number of aromatic hydroxyl groups is 1. The zero-order valence-corrected chi connectivity index (χ0v) is 11.2. The predicted octanol–water partition coefficient (Wildman–Crippen LogP) is 3.44. The monoisotopic (exact) mass is 300 g/mol. The first-order valence-electron chi connectivity index (χ1n) is 5.64. The predicted molar refractivity (Wildman–Crippen MR) is 70.7 cm³/mol. The molecule has 1 heterocycles. The van der Waals surface area contributed by atoms with Gasteiger partial charge in [0.15, 0.2) is 11.6 Å². The van der Waals surface area contributed by atoms with Gasteiger partial charge in [0, 0.05) is 11.6 Å². The van der Waals surface area contributed by atoms with Gasteiger partial charge in [0.25, 0.3) is 0 Å². The molecule has 7 heteroatoms. The van der Waals surface area contributed by atoms with Gasteiger partial charge in [-0.05, 0) is 19.1 Å². The Labute approximate surface area is 118 Å². The average Bonchev–Trinajstić information content (AvgIpc) is 2.39. The largest absolute Gasteiger partial charge is 0.506 e. The molecule has 1 atom stereocenters. The molecule has 0 bridgehead atoms.